The second kappa shape index (κ2) is 5.14. The van der Waals surface area contributed by atoms with E-state index in [1.54, 1.807) is 16.9 Å². The van der Waals surface area contributed by atoms with Gasteiger partial charge in [0.1, 0.15) is 0 Å². The van der Waals surface area contributed by atoms with Gasteiger partial charge in [-0.25, -0.2) is 4.68 Å². The SMILES string of the molecule is O=C(Nc1cnn(-c2ccccc2Cl)c1)c1cn[nH]n1. The van der Waals surface area contributed by atoms with Crippen molar-refractivity contribution in [3.63, 3.8) is 0 Å². The molecule has 0 saturated heterocycles. The first-order valence-electron chi connectivity index (χ1n) is 5.71. The number of aromatic amines is 1. The van der Waals surface area contributed by atoms with E-state index in [0.29, 0.717) is 10.7 Å². The number of rotatable bonds is 3. The fraction of sp³-hybridized carbons (Fsp3) is 0. The van der Waals surface area contributed by atoms with Gasteiger partial charge in [0.25, 0.3) is 5.91 Å². The maximum Gasteiger partial charge on any atom is 0.277 e. The summed E-state index contributed by atoms with van der Waals surface area (Å²) in [4.78, 5) is 11.8. The molecular weight excluding hydrogens is 280 g/mol. The van der Waals surface area contributed by atoms with Gasteiger partial charge in [0.2, 0.25) is 0 Å². The Balaban J connectivity index is 1.81. The predicted octanol–water partition coefficient (Wildman–Crippen LogP) is 1.90. The second-order valence-corrected chi connectivity index (χ2v) is 4.34. The molecule has 3 aromatic rings. The highest BCUT2D eigenvalue weighted by Gasteiger charge is 2.11. The first-order chi connectivity index (χ1) is 9.74. The van der Waals surface area contributed by atoms with Crippen LogP contribution >= 0.6 is 11.6 Å². The Hall–Kier alpha value is -2.67. The first-order valence-corrected chi connectivity index (χ1v) is 6.08. The van der Waals surface area contributed by atoms with E-state index in [1.165, 1.54) is 12.4 Å². The number of halogens is 1. The standard InChI is InChI=1S/C12H9ClN6O/c13-9-3-1-2-4-11(9)19-7-8(5-15-19)16-12(20)10-6-14-18-17-10/h1-7H,(H,16,20)(H,14,17,18). The highest BCUT2D eigenvalue weighted by atomic mass is 35.5. The molecule has 2 aromatic heterocycles. The Kier molecular flexibility index (Phi) is 3.18. The van der Waals surface area contributed by atoms with Gasteiger partial charge in [-0.3, -0.25) is 4.79 Å². The summed E-state index contributed by atoms with van der Waals surface area (Å²) in [6, 6.07) is 7.30. The quantitative estimate of drug-likeness (QED) is 0.770. The molecule has 0 saturated carbocycles. The lowest BCUT2D eigenvalue weighted by atomic mass is 10.3. The van der Waals surface area contributed by atoms with Crippen LogP contribution in [0, 0.1) is 0 Å². The molecule has 0 unspecified atom stereocenters. The van der Waals surface area contributed by atoms with Crippen LogP contribution in [0.2, 0.25) is 5.02 Å². The minimum Gasteiger partial charge on any atom is -0.318 e. The number of nitrogens with zero attached hydrogens (tertiary/aromatic N) is 4. The largest absolute Gasteiger partial charge is 0.318 e. The van der Waals surface area contributed by atoms with E-state index < -0.39 is 0 Å². The molecule has 0 aliphatic rings. The number of carbonyl (C=O) groups excluding carboxylic acids is 1. The molecule has 0 bridgehead atoms. The van der Waals surface area contributed by atoms with Gasteiger partial charge >= 0.3 is 0 Å². The molecule has 0 spiro atoms. The van der Waals surface area contributed by atoms with Crippen LogP contribution in [-0.4, -0.2) is 31.1 Å². The molecule has 1 aromatic carbocycles. The number of H-pyrrole nitrogens is 1. The smallest absolute Gasteiger partial charge is 0.277 e. The number of aromatic nitrogens is 5. The van der Waals surface area contributed by atoms with Crippen molar-refractivity contribution in [3.8, 4) is 5.69 Å². The van der Waals surface area contributed by atoms with Crippen LogP contribution < -0.4 is 5.32 Å². The lowest BCUT2D eigenvalue weighted by Crippen LogP contribution is -2.11. The van der Waals surface area contributed by atoms with Crippen molar-refractivity contribution in [2.75, 3.05) is 5.32 Å². The van der Waals surface area contributed by atoms with E-state index in [1.807, 2.05) is 18.2 Å². The molecular formula is C12H9ClN6O. The maximum absolute atomic E-state index is 11.8. The number of benzene rings is 1. The molecule has 0 aliphatic carbocycles. The zero-order valence-electron chi connectivity index (χ0n) is 10.1. The normalized spacial score (nSPS) is 10.4. The molecule has 2 heterocycles. The van der Waals surface area contributed by atoms with Crippen molar-refractivity contribution >= 4 is 23.2 Å². The van der Waals surface area contributed by atoms with Crippen molar-refractivity contribution in [1.29, 1.82) is 0 Å². The van der Waals surface area contributed by atoms with Crippen molar-refractivity contribution in [1.82, 2.24) is 25.2 Å². The summed E-state index contributed by atoms with van der Waals surface area (Å²) in [7, 11) is 0. The highest BCUT2D eigenvalue weighted by Crippen LogP contribution is 2.20. The summed E-state index contributed by atoms with van der Waals surface area (Å²) in [5, 5.41) is 17.0. The lowest BCUT2D eigenvalue weighted by molar-refractivity contribution is 0.102. The van der Waals surface area contributed by atoms with Gasteiger partial charge in [-0.15, -0.1) is 0 Å². The third-order valence-corrected chi connectivity index (χ3v) is 2.91. The van der Waals surface area contributed by atoms with E-state index in [9.17, 15) is 4.79 Å². The minimum atomic E-state index is -0.363. The Morgan fingerprint density at radius 1 is 1.30 bits per heavy atom. The van der Waals surface area contributed by atoms with E-state index in [2.05, 4.69) is 25.8 Å². The van der Waals surface area contributed by atoms with Crippen LogP contribution in [0.15, 0.2) is 42.9 Å². The summed E-state index contributed by atoms with van der Waals surface area (Å²) in [6.07, 6.45) is 4.54. The van der Waals surface area contributed by atoms with Crippen LogP contribution in [0.1, 0.15) is 10.5 Å². The average Bonchev–Trinajstić information content (AvgIpc) is 3.10. The van der Waals surface area contributed by atoms with E-state index >= 15 is 0 Å². The Labute approximate surface area is 118 Å². The third-order valence-electron chi connectivity index (χ3n) is 2.59. The fourth-order valence-electron chi connectivity index (χ4n) is 1.66. The number of amides is 1. The Morgan fingerprint density at radius 2 is 2.15 bits per heavy atom. The number of hydrogen-bond acceptors (Lipinski definition) is 4. The van der Waals surface area contributed by atoms with Gasteiger partial charge < -0.3 is 5.32 Å². The van der Waals surface area contributed by atoms with Gasteiger partial charge in [0, 0.05) is 0 Å². The third kappa shape index (κ3) is 2.39. The van der Waals surface area contributed by atoms with Crippen molar-refractivity contribution in [2.24, 2.45) is 0 Å². The van der Waals surface area contributed by atoms with Crippen LogP contribution in [0.3, 0.4) is 0 Å². The molecule has 8 heteroatoms. The van der Waals surface area contributed by atoms with Crippen LogP contribution in [0.25, 0.3) is 5.69 Å². The van der Waals surface area contributed by atoms with Crippen LogP contribution in [0.4, 0.5) is 5.69 Å². The number of carbonyl (C=O) groups is 1. The van der Waals surface area contributed by atoms with Crippen molar-refractivity contribution in [3.05, 3.63) is 53.6 Å². The summed E-state index contributed by atoms with van der Waals surface area (Å²) < 4.78 is 1.58. The van der Waals surface area contributed by atoms with E-state index in [4.69, 9.17) is 11.6 Å². The minimum absolute atomic E-state index is 0.204. The maximum atomic E-state index is 11.8. The van der Waals surface area contributed by atoms with Gasteiger partial charge in [-0.1, -0.05) is 23.7 Å². The van der Waals surface area contributed by atoms with Crippen molar-refractivity contribution < 1.29 is 4.79 Å². The van der Waals surface area contributed by atoms with Crippen LogP contribution in [-0.2, 0) is 0 Å². The topological polar surface area (TPSA) is 88.5 Å². The summed E-state index contributed by atoms with van der Waals surface area (Å²) >= 11 is 6.08. The van der Waals surface area contributed by atoms with Gasteiger partial charge in [0.15, 0.2) is 5.69 Å². The predicted molar refractivity (Wildman–Crippen MR) is 72.9 cm³/mol. The fourth-order valence-corrected chi connectivity index (χ4v) is 1.89. The molecule has 0 aliphatic heterocycles. The van der Waals surface area contributed by atoms with E-state index in [-0.39, 0.29) is 11.6 Å². The summed E-state index contributed by atoms with van der Waals surface area (Å²) in [6.45, 7) is 0. The summed E-state index contributed by atoms with van der Waals surface area (Å²) in [5.41, 5.74) is 1.48. The average molecular weight is 289 g/mol. The molecule has 7 nitrogen and oxygen atoms in total. The lowest BCUT2D eigenvalue weighted by Gasteiger charge is -2.02. The summed E-state index contributed by atoms with van der Waals surface area (Å²) in [5.74, 6) is -0.363. The Bertz CT molecular complexity index is 736. The molecule has 0 fully saturated rings. The number of nitrogens with one attached hydrogen (secondary N) is 2. The molecule has 3 rings (SSSR count). The van der Waals surface area contributed by atoms with Crippen molar-refractivity contribution in [2.45, 2.75) is 0 Å². The molecule has 20 heavy (non-hydrogen) atoms. The number of anilines is 1. The van der Waals surface area contributed by atoms with Gasteiger partial charge in [0.05, 0.1) is 35.0 Å². The molecule has 0 atom stereocenters. The monoisotopic (exact) mass is 288 g/mol. The molecule has 100 valence electrons. The van der Waals surface area contributed by atoms with Gasteiger partial charge in [-0.05, 0) is 12.1 Å². The molecule has 0 radical (unpaired) electrons. The first kappa shape index (κ1) is 12.4. The zero-order chi connectivity index (χ0) is 13.9. The number of para-hydroxylation sites is 1. The molecule has 2 N–H and O–H groups in total. The number of hydrogen-bond donors (Lipinski definition) is 2. The highest BCUT2D eigenvalue weighted by molar-refractivity contribution is 6.32. The van der Waals surface area contributed by atoms with Gasteiger partial charge in [-0.2, -0.15) is 20.5 Å². The van der Waals surface area contributed by atoms with Crippen LogP contribution in [0.5, 0.6) is 0 Å². The zero-order valence-corrected chi connectivity index (χ0v) is 10.9. The second-order valence-electron chi connectivity index (χ2n) is 3.93. The molecule has 1 amide bonds. The van der Waals surface area contributed by atoms with E-state index in [0.717, 1.165) is 5.69 Å². The Morgan fingerprint density at radius 3 is 2.90 bits per heavy atom.